The van der Waals surface area contributed by atoms with Gasteiger partial charge in [0.1, 0.15) is 5.82 Å². The maximum Gasteiger partial charge on any atom is 0.243 e. The highest BCUT2D eigenvalue weighted by atomic mass is 32.2. The molecule has 4 rings (SSSR count). The number of aryl methyl sites for hydroxylation is 2. The Morgan fingerprint density at radius 1 is 1.11 bits per heavy atom. The van der Waals surface area contributed by atoms with Crippen molar-refractivity contribution in [2.24, 2.45) is 5.92 Å². The van der Waals surface area contributed by atoms with Gasteiger partial charge >= 0.3 is 0 Å². The summed E-state index contributed by atoms with van der Waals surface area (Å²) in [4.78, 5) is 22.5. The highest BCUT2D eigenvalue weighted by Crippen LogP contribution is 2.34. The number of carbonyl (C=O) groups is 1. The van der Waals surface area contributed by atoms with E-state index in [9.17, 15) is 17.6 Å². The van der Waals surface area contributed by atoms with E-state index < -0.39 is 15.8 Å². The fourth-order valence-corrected chi connectivity index (χ4v) is 7.16. The van der Waals surface area contributed by atoms with Gasteiger partial charge in [-0.3, -0.25) is 9.69 Å². The molecule has 194 valence electrons. The topological polar surface area (TPSA) is 73.8 Å². The number of aromatic nitrogens is 1. The average molecular weight is 533 g/mol. The first-order valence-corrected chi connectivity index (χ1v) is 14.4. The van der Waals surface area contributed by atoms with E-state index >= 15 is 0 Å². The molecule has 1 aliphatic rings. The minimum absolute atomic E-state index is 0.000942. The van der Waals surface area contributed by atoms with Crippen molar-refractivity contribution in [2.45, 2.75) is 38.0 Å². The zero-order chi connectivity index (χ0) is 26.0. The predicted molar refractivity (Wildman–Crippen MR) is 143 cm³/mol. The lowest BCUT2D eigenvalue weighted by Gasteiger charge is -2.33. The van der Waals surface area contributed by atoms with Crippen LogP contribution in [0.4, 0.5) is 9.52 Å². The number of thiazole rings is 1. The van der Waals surface area contributed by atoms with Crippen molar-refractivity contribution in [3.05, 3.63) is 53.3 Å². The Bertz CT molecular complexity index is 1330. The van der Waals surface area contributed by atoms with Crippen molar-refractivity contribution in [1.29, 1.82) is 0 Å². The molecule has 0 saturated carbocycles. The van der Waals surface area contributed by atoms with Crippen molar-refractivity contribution in [1.82, 2.24) is 14.2 Å². The molecule has 1 saturated heterocycles. The van der Waals surface area contributed by atoms with Crippen molar-refractivity contribution >= 4 is 42.6 Å². The quantitative estimate of drug-likeness (QED) is 0.429. The van der Waals surface area contributed by atoms with Crippen LogP contribution in [-0.4, -0.2) is 68.8 Å². The molecule has 1 aromatic heterocycles. The van der Waals surface area contributed by atoms with Gasteiger partial charge in [0.2, 0.25) is 15.9 Å². The van der Waals surface area contributed by atoms with Crippen molar-refractivity contribution in [3.63, 3.8) is 0 Å². The number of rotatable bonds is 8. The van der Waals surface area contributed by atoms with Gasteiger partial charge in [0.15, 0.2) is 5.13 Å². The van der Waals surface area contributed by atoms with E-state index in [0.29, 0.717) is 24.5 Å². The number of amides is 1. The summed E-state index contributed by atoms with van der Waals surface area (Å²) in [5.74, 6) is -0.757. The summed E-state index contributed by atoms with van der Waals surface area (Å²) in [6.45, 7) is 6.01. The second-order valence-corrected chi connectivity index (χ2v) is 12.6. The minimum Gasteiger partial charge on any atom is -0.309 e. The molecule has 0 bridgehead atoms. The molecule has 0 atom stereocenters. The van der Waals surface area contributed by atoms with Crippen LogP contribution in [0.25, 0.3) is 10.2 Å². The molecular weight excluding hydrogens is 499 g/mol. The summed E-state index contributed by atoms with van der Waals surface area (Å²) < 4.78 is 41.7. The number of nitrogens with zero attached hydrogens (tertiary/aromatic N) is 4. The van der Waals surface area contributed by atoms with E-state index in [0.717, 1.165) is 46.4 Å². The van der Waals surface area contributed by atoms with Gasteiger partial charge in [-0.15, -0.1) is 0 Å². The molecule has 0 unspecified atom stereocenters. The van der Waals surface area contributed by atoms with Crippen LogP contribution in [0.5, 0.6) is 0 Å². The molecule has 0 aliphatic carbocycles. The maximum atomic E-state index is 13.7. The molecule has 1 aliphatic heterocycles. The molecule has 0 spiro atoms. The Labute approximate surface area is 216 Å². The summed E-state index contributed by atoms with van der Waals surface area (Å²) in [5, 5.41) is 0.698. The third-order valence-corrected chi connectivity index (χ3v) is 9.69. The van der Waals surface area contributed by atoms with E-state index in [-0.39, 0.29) is 29.8 Å². The third kappa shape index (κ3) is 5.77. The maximum absolute atomic E-state index is 13.7. The molecule has 0 N–H and O–H groups in total. The van der Waals surface area contributed by atoms with Gasteiger partial charge in [-0.1, -0.05) is 17.4 Å². The number of carbonyl (C=O) groups excluding carboxylic acids is 1. The van der Waals surface area contributed by atoms with E-state index in [1.54, 1.807) is 4.90 Å². The Kier molecular flexibility index (Phi) is 8.09. The van der Waals surface area contributed by atoms with Crippen molar-refractivity contribution < 1.29 is 17.6 Å². The zero-order valence-corrected chi connectivity index (χ0v) is 22.8. The summed E-state index contributed by atoms with van der Waals surface area (Å²) in [6.07, 6.45) is 1.68. The highest BCUT2D eigenvalue weighted by molar-refractivity contribution is 7.89. The Morgan fingerprint density at radius 2 is 1.78 bits per heavy atom. The van der Waals surface area contributed by atoms with Gasteiger partial charge in [0.05, 0.1) is 15.1 Å². The Balaban J connectivity index is 1.52. The molecule has 3 aromatic rings. The third-order valence-electron chi connectivity index (χ3n) is 6.55. The van der Waals surface area contributed by atoms with Gasteiger partial charge in [-0.25, -0.2) is 17.8 Å². The second-order valence-electron chi connectivity index (χ2n) is 9.71. The summed E-state index contributed by atoms with van der Waals surface area (Å²) in [7, 11) is 0.290. The average Bonchev–Trinajstić information content (AvgIpc) is 3.25. The highest BCUT2D eigenvalue weighted by Gasteiger charge is 2.35. The lowest BCUT2D eigenvalue weighted by atomic mass is 9.96. The van der Waals surface area contributed by atoms with Gasteiger partial charge in [-0.05, 0) is 95.2 Å². The monoisotopic (exact) mass is 532 g/mol. The lowest BCUT2D eigenvalue weighted by molar-refractivity contribution is -0.123. The van der Waals surface area contributed by atoms with Crippen LogP contribution in [0, 0.1) is 25.6 Å². The smallest absolute Gasteiger partial charge is 0.243 e. The molecule has 2 heterocycles. The number of benzene rings is 2. The van der Waals surface area contributed by atoms with Gasteiger partial charge in [0.25, 0.3) is 0 Å². The minimum atomic E-state index is -3.72. The van der Waals surface area contributed by atoms with Crippen LogP contribution >= 0.6 is 11.3 Å². The molecule has 7 nitrogen and oxygen atoms in total. The molecule has 36 heavy (non-hydrogen) atoms. The SMILES string of the molecule is Cc1cc(C)c2sc(N(CCCN(C)C)C(=O)C3CCN(S(=O)(=O)c4ccc(F)cc4)CC3)nc2c1. The van der Waals surface area contributed by atoms with Crippen LogP contribution in [0.3, 0.4) is 0 Å². The predicted octanol–water partition coefficient (Wildman–Crippen LogP) is 4.44. The fourth-order valence-electron chi connectivity index (χ4n) is 4.64. The standard InChI is InChI=1S/C26H33FN4O3S2/c1-18-16-19(2)24-23(17-18)28-26(35-24)31(13-5-12-29(3)4)25(32)20-10-14-30(15-11-20)36(33,34)22-8-6-21(27)7-9-22/h6-9,16-17,20H,5,10-15H2,1-4H3. The van der Waals surface area contributed by atoms with Crippen LogP contribution in [0.15, 0.2) is 41.3 Å². The zero-order valence-electron chi connectivity index (χ0n) is 21.2. The number of sulfonamides is 1. The van der Waals surface area contributed by atoms with Crippen LogP contribution in [0.1, 0.15) is 30.4 Å². The number of hydrogen-bond acceptors (Lipinski definition) is 6. The first kappa shape index (κ1) is 26.7. The molecule has 0 radical (unpaired) electrons. The van der Waals surface area contributed by atoms with E-state index in [1.807, 2.05) is 27.1 Å². The van der Waals surface area contributed by atoms with Crippen LogP contribution in [0.2, 0.25) is 0 Å². The van der Waals surface area contributed by atoms with E-state index in [2.05, 4.69) is 17.9 Å². The Hall–Kier alpha value is -2.40. The molecule has 1 fully saturated rings. The van der Waals surface area contributed by atoms with Crippen LogP contribution in [-0.2, 0) is 14.8 Å². The Morgan fingerprint density at radius 3 is 2.42 bits per heavy atom. The molecule has 10 heteroatoms. The van der Waals surface area contributed by atoms with Gasteiger partial charge in [-0.2, -0.15) is 4.31 Å². The molecule has 2 aromatic carbocycles. The van der Waals surface area contributed by atoms with Gasteiger partial charge in [0, 0.05) is 25.6 Å². The first-order chi connectivity index (χ1) is 17.1. The normalized spacial score (nSPS) is 15.6. The first-order valence-electron chi connectivity index (χ1n) is 12.2. The van der Waals surface area contributed by atoms with Crippen molar-refractivity contribution in [2.75, 3.05) is 45.2 Å². The number of piperidine rings is 1. The molecular formula is C26H33FN4O3S2. The fraction of sp³-hybridized carbons (Fsp3) is 0.462. The number of hydrogen-bond donors (Lipinski definition) is 0. The lowest BCUT2D eigenvalue weighted by Crippen LogP contribution is -2.45. The molecule has 1 amide bonds. The van der Waals surface area contributed by atoms with E-state index in [4.69, 9.17) is 4.98 Å². The summed E-state index contributed by atoms with van der Waals surface area (Å²) in [5.41, 5.74) is 3.18. The van der Waals surface area contributed by atoms with Crippen LogP contribution < -0.4 is 4.90 Å². The number of anilines is 1. The van der Waals surface area contributed by atoms with E-state index in [1.165, 1.54) is 27.8 Å². The number of fused-ring (bicyclic) bond motifs is 1. The second kappa shape index (κ2) is 10.9. The summed E-state index contributed by atoms with van der Waals surface area (Å²) in [6, 6.07) is 9.03. The largest absolute Gasteiger partial charge is 0.309 e. The van der Waals surface area contributed by atoms with Crippen molar-refractivity contribution in [3.8, 4) is 0 Å². The number of halogens is 1. The summed E-state index contributed by atoms with van der Waals surface area (Å²) >= 11 is 1.54. The van der Waals surface area contributed by atoms with Gasteiger partial charge < -0.3 is 4.90 Å².